The Morgan fingerprint density at radius 2 is 1.35 bits per heavy atom. The number of methoxy groups -OCH3 is 2. The number of hydrogen-bond acceptors (Lipinski definition) is 5. The molecule has 7 heteroatoms. The number of hydrogen-bond donors (Lipinski definition) is 1. The van der Waals surface area contributed by atoms with E-state index in [1.165, 1.54) is 25.3 Å². The maximum Gasteiger partial charge on any atom is 0.282 e. The number of imide groups is 1. The molecule has 3 aromatic rings. The number of benzene rings is 3. The van der Waals surface area contributed by atoms with Gasteiger partial charge in [0.05, 0.1) is 25.5 Å². The van der Waals surface area contributed by atoms with Crippen LogP contribution in [-0.2, 0) is 9.59 Å². The minimum Gasteiger partial charge on any atom is -0.497 e. The van der Waals surface area contributed by atoms with Crippen LogP contribution in [0.15, 0.2) is 78.5 Å². The normalized spacial score (nSPS) is 13.6. The summed E-state index contributed by atoms with van der Waals surface area (Å²) in [6, 6.07) is 19.3. The monoisotopic (exact) mass is 418 g/mol. The second-order valence-corrected chi connectivity index (χ2v) is 6.73. The molecule has 3 aromatic carbocycles. The first-order valence-electron chi connectivity index (χ1n) is 9.46. The maximum atomic E-state index is 14.4. The molecule has 0 saturated carbocycles. The van der Waals surface area contributed by atoms with Crippen molar-refractivity contribution in [3.8, 4) is 11.5 Å². The van der Waals surface area contributed by atoms with E-state index in [2.05, 4.69) is 5.32 Å². The zero-order valence-electron chi connectivity index (χ0n) is 16.9. The highest BCUT2D eigenvalue weighted by Crippen LogP contribution is 2.35. The summed E-state index contributed by atoms with van der Waals surface area (Å²) in [6.45, 7) is 0. The van der Waals surface area contributed by atoms with Gasteiger partial charge < -0.3 is 14.8 Å². The van der Waals surface area contributed by atoms with E-state index in [-0.39, 0.29) is 17.0 Å². The van der Waals surface area contributed by atoms with Gasteiger partial charge in [-0.1, -0.05) is 24.3 Å². The smallest absolute Gasteiger partial charge is 0.282 e. The predicted molar refractivity (Wildman–Crippen MR) is 115 cm³/mol. The molecular weight excluding hydrogens is 399 g/mol. The van der Waals surface area contributed by atoms with Crippen LogP contribution in [0.2, 0.25) is 0 Å². The molecule has 31 heavy (non-hydrogen) atoms. The predicted octanol–water partition coefficient (Wildman–Crippen LogP) is 4.24. The Kier molecular flexibility index (Phi) is 5.41. The first-order chi connectivity index (χ1) is 15.0. The van der Waals surface area contributed by atoms with Crippen molar-refractivity contribution in [1.82, 2.24) is 0 Å². The number of halogens is 1. The first kappa shape index (κ1) is 20.2. The molecule has 0 aliphatic carbocycles. The van der Waals surface area contributed by atoms with Gasteiger partial charge in [0.25, 0.3) is 11.8 Å². The van der Waals surface area contributed by atoms with E-state index in [9.17, 15) is 14.0 Å². The molecule has 1 N–H and O–H groups in total. The zero-order chi connectivity index (χ0) is 22.0. The van der Waals surface area contributed by atoms with Crippen LogP contribution in [0.25, 0.3) is 5.57 Å². The number of carbonyl (C=O) groups is 2. The number of nitrogens with zero attached hydrogens (tertiary/aromatic N) is 1. The number of carbonyl (C=O) groups excluding carboxylic acids is 2. The number of para-hydroxylation sites is 1. The van der Waals surface area contributed by atoms with E-state index in [0.717, 1.165) is 4.90 Å². The van der Waals surface area contributed by atoms with Crippen molar-refractivity contribution in [3.05, 3.63) is 89.9 Å². The summed E-state index contributed by atoms with van der Waals surface area (Å²) >= 11 is 0. The van der Waals surface area contributed by atoms with Crippen LogP contribution >= 0.6 is 0 Å². The van der Waals surface area contributed by atoms with E-state index in [1.807, 2.05) is 0 Å². The molecule has 4 rings (SSSR count). The summed E-state index contributed by atoms with van der Waals surface area (Å²) in [7, 11) is 3.09. The fourth-order valence-corrected chi connectivity index (χ4v) is 3.34. The number of rotatable bonds is 6. The molecule has 1 heterocycles. The van der Waals surface area contributed by atoms with E-state index in [1.54, 1.807) is 61.7 Å². The Morgan fingerprint density at radius 3 is 1.94 bits per heavy atom. The van der Waals surface area contributed by atoms with Gasteiger partial charge >= 0.3 is 0 Å². The molecule has 0 aromatic heterocycles. The fourth-order valence-electron chi connectivity index (χ4n) is 3.34. The van der Waals surface area contributed by atoms with Crippen LogP contribution in [0.4, 0.5) is 15.8 Å². The Balaban J connectivity index is 1.80. The van der Waals surface area contributed by atoms with Gasteiger partial charge in [-0.2, -0.15) is 0 Å². The lowest BCUT2D eigenvalue weighted by Gasteiger charge is -2.16. The molecule has 0 fully saturated rings. The van der Waals surface area contributed by atoms with Gasteiger partial charge in [0.1, 0.15) is 23.0 Å². The van der Waals surface area contributed by atoms with Crippen LogP contribution in [0, 0.1) is 5.82 Å². The van der Waals surface area contributed by atoms with Crippen LogP contribution < -0.4 is 19.7 Å². The van der Waals surface area contributed by atoms with Crippen molar-refractivity contribution in [1.29, 1.82) is 0 Å². The van der Waals surface area contributed by atoms with Gasteiger partial charge in [-0.3, -0.25) is 9.59 Å². The van der Waals surface area contributed by atoms with Crippen molar-refractivity contribution < 1.29 is 23.5 Å². The molecule has 2 amide bonds. The molecule has 1 aliphatic rings. The maximum absolute atomic E-state index is 14.4. The van der Waals surface area contributed by atoms with Gasteiger partial charge in [-0.15, -0.1) is 0 Å². The average Bonchev–Trinajstić information content (AvgIpc) is 3.04. The van der Waals surface area contributed by atoms with Crippen molar-refractivity contribution in [3.63, 3.8) is 0 Å². The quantitative estimate of drug-likeness (QED) is 0.607. The van der Waals surface area contributed by atoms with Crippen LogP contribution in [-0.4, -0.2) is 26.0 Å². The van der Waals surface area contributed by atoms with Crippen LogP contribution in [0.1, 0.15) is 5.56 Å². The standard InChI is InChI=1S/C24H19FN2O4/c1-30-17-11-7-15(8-12-17)21-22(26-16-9-13-18(31-2)14-10-16)24(29)27(23(21)28)20-6-4-3-5-19(20)25/h3-14,26H,1-2H3. The van der Waals surface area contributed by atoms with Crippen molar-refractivity contribution >= 4 is 28.8 Å². The molecule has 1 aliphatic heterocycles. The Bertz CT molecular complexity index is 1170. The summed E-state index contributed by atoms with van der Waals surface area (Å²) < 4.78 is 24.8. The molecule has 0 atom stereocenters. The average molecular weight is 418 g/mol. The highest BCUT2D eigenvalue weighted by atomic mass is 19.1. The largest absolute Gasteiger partial charge is 0.497 e. The van der Waals surface area contributed by atoms with Crippen LogP contribution in [0.5, 0.6) is 11.5 Å². The second-order valence-electron chi connectivity index (χ2n) is 6.73. The number of ether oxygens (including phenoxy) is 2. The third kappa shape index (κ3) is 3.73. The molecular formula is C24H19FN2O4. The fraction of sp³-hybridized carbons (Fsp3) is 0.0833. The molecule has 0 saturated heterocycles. The summed E-state index contributed by atoms with van der Waals surface area (Å²) in [6.07, 6.45) is 0. The van der Waals surface area contributed by atoms with E-state index in [0.29, 0.717) is 22.7 Å². The highest BCUT2D eigenvalue weighted by Gasteiger charge is 2.41. The van der Waals surface area contributed by atoms with Crippen LogP contribution in [0.3, 0.4) is 0 Å². The summed E-state index contributed by atoms with van der Waals surface area (Å²) in [4.78, 5) is 27.4. The minimum absolute atomic E-state index is 0.0589. The number of amides is 2. The zero-order valence-corrected chi connectivity index (χ0v) is 16.9. The first-order valence-corrected chi connectivity index (χ1v) is 9.46. The van der Waals surface area contributed by atoms with E-state index >= 15 is 0 Å². The topological polar surface area (TPSA) is 67.9 Å². The Morgan fingerprint density at radius 1 is 0.774 bits per heavy atom. The Labute approximate surface area is 178 Å². The number of anilines is 2. The lowest BCUT2D eigenvalue weighted by Crippen LogP contribution is -2.33. The summed E-state index contributed by atoms with van der Waals surface area (Å²) in [5.41, 5.74) is 1.19. The van der Waals surface area contributed by atoms with Gasteiger partial charge in [0, 0.05) is 5.69 Å². The molecule has 0 bridgehead atoms. The van der Waals surface area contributed by atoms with Crippen molar-refractivity contribution in [2.24, 2.45) is 0 Å². The lowest BCUT2D eigenvalue weighted by atomic mass is 10.0. The molecule has 156 valence electrons. The van der Waals surface area contributed by atoms with E-state index in [4.69, 9.17) is 9.47 Å². The number of nitrogens with one attached hydrogen (secondary N) is 1. The molecule has 0 unspecified atom stereocenters. The second kappa shape index (κ2) is 8.31. The Hall–Kier alpha value is -4.13. The third-order valence-corrected chi connectivity index (χ3v) is 4.92. The molecule has 6 nitrogen and oxygen atoms in total. The summed E-state index contributed by atoms with van der Waals surface area (Å²) in [5.74, 6) is -0.662. The van der Waals surface area contributed by atoms with Crippen molar-refractivity contribution in [2.75, 3.05) is 24.4 Å². The van der Waals surface area contributed by atoms with Gasteiger partial charge in [0.15, 0.2) is 0 Å². The van der Waals surface area contributed by atoms with E-state index < -0.39 is 17.6 Å². The summed E-state index contributed by atoms with van der Waals surface area (Å²) in [5, 5.41) is 3.03. The minimum atomic E-state index is -0.663. The van der Waals surface area contributed by atoms with Crippen molar-refractivity contribution in [2.45, 2.75) is 0 Å². The SMILES string of the molecule is COc1ccc(NC2=C(c3ccc(OC)cc3)C(=O)N(c3ccccc3F)C2=O)cc1. The van der Waals surface area contributed by atoms with Gasteiger partial charge in [-0.25, -0.2) is 9.29 Å². The lowest BCUT2D eigenvalue weighted by molar-refractivity contribution is -0.120. The van der Waals surface area contributed by atoms with Gasteiger partial charge in [0.2, 0.25) is 0 Å². The van der Waals surface area contributed by atoms with Gasteiger partial charge in [-0.05, 0) is 54.1 Å². The molecule has 0 spiro atoms. The molecule has 0 radical (unpaired) electrons. The third-order valence-electron chi connectivity index (χ3n) is 4.92. The highest BCUT2D eigenvalue weighted by molar-refractivity contribution is 6.46.